The fourth-order valence-electron chi connectivity index (χ4n) is 2.33. The van der Waals surface area contributed by atoms with Crippen molar-refractivity contribution < 1.29 is 9.84 Å². The van der Waals surface area contributed by atoms with Crippen LogP contribution in [0.25, 0.3) is 0 Å². The predicted octanol–water partition coefficient (Wildman–Crippen LogP) is 1.24. The van der Waals surface area contributed by atoms with Crippen LogP contribution in [0.2, 0.25) is 0 Å². The SMILES string of the molecule is CCCNC(C)(CO)CCCCN1CCOCC1. The van der Waals surface area contributed by atoms with Gasteiger partial charge in [-0.15, -0.1) is 0 Å². The second-order valence-corrected chi connectivity index (χ2v) is 5.56. The van der Waals surface area contributed by atoms with Crippen LogP contribution < -0.4 is 5.32 Å². The lowest BCUT2D eigenvalue weighted by atomic mass is 9.95. The average Bonchev–Trinajstić information content (AvgIpc) is 2.43. The molecule has 18 heavy (non-hydrogen) atoms. The minimum atomic E-state index is -0.0962. The standard InChI is InChI=1S/C14H30N2O2/c1-3-7-15-14(2,13-17)6-4-5-8-16-9-11-18-12-10-16/h15,17H,3-13H2,1-2H3. The first kappa shape index (κ1) is 15.9. The number of aliphatic hydroxyl groups excluding tert-OH is 1. The van der Waals surface area contributed by atoms with E-state index in [2.05, 4.69) is 24.1 Å². The molecule has 0 spiro atoms. The molecule has 0 aromatic heterocycles. The van der Waals surface area contributed by atoms with E-state index < -0.39 is 0 Å². The summed E-state index contributed by atoms with van der Waals surface area (Å²) < 4.78 is 5.34. The average molecular weight is 258 g/mol. The topological polar surface area (TPSA) is 44.7 Å². The third-order valence-corrected chi connectivity index (χ3v) is 3.71. The molecule has 1 fully saturated rings. The lowest BCUT2D eigenvalue weighted by Crippen LogP contribution is -2.46. The predicted molar refractivity (Wildman–Crippen MR) is 74.9 cm³/mol. The third kappa shape index (κ3) is 6.14. The summed E-state index contributed by atoms with van der Waals surface area (Å²) in [4.78, 5) is 2.47. The highest BCUT2D eigenvalue weighted by Crippen LogP contribution is 2.14. The minimum absolute atomic E-state index is 0.0962. The molecule has 0 aromatic rings. The number of morpholine rings is 1. The molecule has 0 amide bonds. The van der Waals surface area contributed by atoms with Gasteiger partial charge in [0.25, 0.3) is 0 Å². The van der Waals surface area contributed by atoms with Crippen molar-refractivity contribution in [3.63, 3.8) is 0 Å². The Kier molecular flexibility index (Phi) is 7.82. The Morgan fingerprint density at radius 3 is 2.61 bits per heavy atom. The van der Waals surface area contributed by atoms with Crippen LogP contribution in [-0.4, -0.2) is 61.5 Å². The molecule has 0 aliphatic carbocycles. The van der Waals surface area contributed by atoms with Crippen LogP contribution in [0.4, 0.5) is 0 Å². The molecule has 1 unspecified atom stereocenters. The van der Waals surface area contributed by atoms with Crippen molar-refractivity contribution in [1.29, 1.82) is 0 Å². The normalized spacial score (nSPS) is 20.8. The molecule has 1 aliphatic heterocycles. The van der Waals surface area contributed by atoms with Crippen molar-refractivity contribution in [3.05, 3.63) is 0 Å². The first-order chi connectivity index (χ1) is 8.70. The number of hydrogen-bond acceptors (Lipinski definition) is 4. The highest BCUT2D eigenvalue weighted by atomic mass is 16.5. The van der Waals surface area contributed by atoms with Gasteiger partial charge in [-0.2, -0.15) is 0 Å². The lowest BCUT2D eigenvalue weighted by Gasteiger charge is -2.30. The van der Waals surface area contributed by atoms with Gasteiger partial charge >= 0.3 is 0 Å². The minimum Gasteiger partial charge on any atom is -0.394 e. The Balaban J connectivity index is 2.10. The van der Waals surface area contributed by atoms with Gasteiger partial charge in [0.2, 0.25) is 0 Å². The molecule has 1 atom stereocenters. The molecule has 108 valence electrons. The van der Waals surface area contributed by atoms with E-state index in [1.807, 2.05) is 0 Å². The molecular weight excluding hydrogens is 228 g/mol. The zero-order valence-electron chi connectivity index (χ0n) is 12.1. The van der Waals surface area contributed by atoms with Crippen molar-refractivity contribution in [2.45, 2.75) is 45.1 Å². The Bertz CT molecular complexity index is 208. The summed E-state index contributed by atoms with van der Waals surface area (Å²) in [6, 6.07) is 0. The molecule has 2 N–H and O–H groups in total. The Labute approximate surface area is 112 Å². The Morgan fingerprint density at radius 1 is 1.28 bits per heavy atom. The monoisotopic (exact) mass is 258 g/mol. The fourth-order valence-corrected chi connectivity index (χ4v) is 2.33. The first-order valence-electron chi connectivity index (χ1n) is 7.36. The van der Waals surface area contributed by atoms with E-state index >= 15 is 0 Å². The van der Waals surface area contributed by atoms with Crippen molar-refractivity contribution in [2.75, 3.05) is 46.0 Å². The van der Waals surface area contributed by atoms with Gasteiger partial charge < -0.3 is 15.2 Å². The van der Waals surface area contributed by atoms with Crippen molar-refractivity contribution in [1.82, 2.24) is 10.2 Å². The molecule has 1 saturated heterocycles. The number of nitrogens with one attached hydrogen (secondary N) is 1. The lowest BCUT2D eigenvalue weighted by molar-refractivity contribution is 0.0367. The van der Waals surface area contributed by atoms with Gasteiger partial charge in [0.05, 0.1) is 19.8 Å². The van der Waals surface area contributed by atoms with Crippen molar-refractivity contribution in [2.24, 2.45) is 0 Å². The summed E-state index contributed by atoms with van der Waals surface area (Å²) in [7, 11) is 0. The van der Waals surface area contributed by atoms with Gasteiger partial charge in [0.1, 0.15) is 0 Å². The van der Waals surface area contributed by atoms with Crippen LogP contribution >= 0.6 is 0 Å². The molecule has 1 rings (SSSR count). The van der Waals surface area contributed by atoms with Crippen LogP contribution in [0.1, 0.15) is 39.5 Å². The molecule has 0 aromatic carbocycles. The maximum atomic E-state index is 9.47. The molecule has 1 aliphatic rings. The molecular formula is C14H30N2O2. The summed E-state index contributed by atoms with van der Waals surface area (Å²) in [6.45, 7) is 10.6. The summed E-state index contributed by atoms with van der Waals surface area (Å²) in [6.07, 6.45) is 4.55. The van der Waals surface area contributed by atoms with E-state index in [9.17, 15) is 5.11 Å². The summed E-state index contributed by atoms with van der Waals surface area (Å²) in [5.41, 5.74) is -0.0962. The fraction of sp³-hybridized carbons (Fsp3) is 1.00. The Hall–Kier alpha value is -0.160. The molecule has 0 bridgehead atoms. The number of rotatable bonds is 9. The summed E-state index contributed by atoms with van der Waals surface area (Å²) in [5.74, 6) is 0. The van der Waals surface area contributed by atoms with Gasteiger partial charge in [0.15, 0.2) is 0 Å². The number of unbranched alkanes of at least 4 members (excludes halogenated alkanes) is 1. The second kappa shape index (κ2) is 8.86. The van der Waals surface area contributed by atoms with Crippen LogP contribution in [0.3, 0.4) is 0 Å². The molecule has 4 heteroatoms. The highest BCUT2D eigenvalue weighted by molar-refractivity contribution is 4.82. The van der Waals surface area contributed by atoms with Gasteiger partial charge in [-0.05, 0) is 39.3 Å². The third-order valence-electron chi connectivity index (χ3n) is 3.71. The number of hydrogen-bond donors (Lipinski definition) is 2. The quantitative estimate of drug-likeness (QED) is 0.611. The van der Waals surface area contributed by atoms with Crippen LogP contribution in [0, 0.1) is 0 Å². The maximum Gasteiger partial charge on any atom is 0.0610 e. The van der Waals surface area contributed by atoms with Gasteiger partial charge in [0, 0.05) is 18.6 Å². The summed E-state index contributed by atoms with van der Waals surface area (Å²) in [5, 5.41) is 12.9. The number of nitrogens with zero attached hydrogens (tertiary/aromatic N) is 1. The smallest absolute Gasteiger partial charge is 0.0610 e. The maximum absolute atomic E-state index is 9.47. The van der Waals surface area contributed by atoms with E-state index in [0.717, 1.165) is 45.7 Å². The van der Waals surface area contributed by atoms with Crippen LogP contribution in [0.5, 0.6) is 0 Å². The van der Waals surface area contributed by atoms with Crippen molar-refractivity contribution in [3.8, 4) is 0 Å². The second-order valence-electron chi connectivity index (χ2n) is 5.56. The van der Waals surface area contributed by atoms with E-state index in [4.69, 9.17) is 4.74 Å². The highest BCUT2D eigenvalue weighted by Gasteiger charge is 2.21. The largest absolute Gasteiger partial charge is 0.394 e. The van der Waals surface area contributed by atoms with Gasteiger partial charge in [-0.3, -0.25) is 4.90 Å². The molecule has 0 radical (unpaired) electrons. The van der Waals surface area contributed by atoms with E-state index in [1.54, 1.807) is 0 Å². The molecule has 0 saturated carbocycles. The Morgan fingerprint density at radius 2 is 2.00 bits per heavy atom. The van der Waals surface area contributed by atoms with Gasteiger partial charge in [-0.1, -0.05) is 13.3 Å². The van der Waals surface area contributed by atoms with E-state index in [-0.39, 0.29) is 12.1 Å². The molecule has 1 heterocycles. The van der Waals surface area contributed by atoms with Crippen LogP contribution in [-0.2, 0) is 4.74 Å². The summed E-state index contributed by atoms with van der Waals surface area (Å²) >= 11 is 0. The zero-order valence-corrected chi connectivity index (χ0v) is 12.1. The first-order valence-corrected chi connectivity index (χ1v) is 7.36. The van der Waals surface area contributed by atoms with Gasteiger partial charge in [-0.25, -0.2) is 0 Å². The zero-order chi connectivity index (χ0) is 13.3. The van der Waals surface area contributed by atoms with E-state index in [1.165, 1.54) is 19.4 Å². The van der Waals surface area contributed by atoms with Crippen molar-refractivity contribution >= 4 is 0 Å². The van der Waals surface area contributed by atoms with E-state index in [0.29, 0.717) is 0 Å². The van der Waals surface area contributed by atoms with Crippen LogP contribution in [0.15, 0.2) is 0 Å². The molecule has 4 nitrogen and oxygen atoms in total. The number of aliphatic hydroxyl groups is 1. The number of ether oxygens (including phenoxy) is 1.